The van der Waals surface area contributed by atoms with Gasteiger partial charge in [-0.25, -0.2) is 0 Å². The lowest BCUT2D eigenvalue weighted by Crippen LogP contribution is -2.38. The molecule has 1 aliphatic heterocycles. The van der Waals surface area contributed by atoms with E-state index in [0.29, 0.717) is 0 Å². The average Bonchev–Trinajstić information content (AvgIpc) is 3.12. The fourth-order valence-electron chi connectivity index (χ4n) is 2.99. The van der Waals surface area contributed by atoms with Crippen molar-refractivity contribution in [2.75, 3.05) is 26.2 Å². The maximum absolute atomic E-state index is 3.72. The maximum atomic E-state index is 3.72. The lowest BCUT2D eigenvalue weighted by atomic mass is 10.1. The normalized spacial score (nSPS) is 25.8. The zero-order chi connectivity index (χ0) is 12.1. The van der Waals surface area contributed by atoms with Crippen LogP contribution in [0.2, 0.25) is 0 Å². The van der Waals surface area contributed by atoms with Gasteiger partial charge in [0.2, 0.25) is 0 Å². The predicted octanol–water partition coefficient (Wildman–Crippen LogP) is 2.89. The third-order valence-corrected chi connectivity index (χ3v) is 4.22. The number of nitrogens with one attached hydrogen (secondary N) is 1. The molecule has 100 valence electrons. The van der Waals surface area contributed by atoms with Crippen LogP contribution in [0.25, 0.3) is 0 Å². The molecule has 0 bridgehead atoms. The van der Waals surface area contributed by atoms with Gasteiger partial charge in [0.05, 0.1) is 0 Å². The van der Waals surface area contributed by atoms with Crippen LogP contribution in [-0.2, 0) is 0 Å². The van der Waals surface area contributed by atoms with Gasteiger partial charge >= 0.3 is 0 Å². The number of rotatable bonds is 7. The van der Waals surface area contributed by atoms with Gasteiger partial charge in [0, 0.05) is 12.6 Å². The number of nitrogens with zero attached hydrogens (tertiary/aromatic N) is 1. The van der Waals surface area contributed by atoms with Crippen LogP contribution >= 0.6 is 0 Å². The van der Waals surface area contributed by atoms with Crippen LogP contribution in [0.3, 0.4) is 0 Å². The Morgan fingerprint density at radius 3 is 2.47 bits per heavy atom. The van der Waals surface area contributed by atoms with Crippen molar-refractivity contribution in [1.29, 1.82) is 0 Å². The number of hydrogen-bond acceptors (Lipinski definition) is 2. The van der Waals surface area contributed by atoms with Gasteiger partial charge < -0.3 is 10.2 Å². The second-order valence-electron chi connectivity index (χ2n) is 6.45. The summed E-state index contributed by atoms with van der Waals surface area (Å²) in [5, 5.41) is 3.72. The highest BCUT2D eigenvalue weighted by atomic mass is 15.1. The van der Waals surface area contributed by atoms with Crippen molar-refractivity contribution < 1.29 is 0 Å². The molecule has 0 spiro atoms. The first-order chi connectivity index (χ1) is 8.24. The molecular weight excluding hydrogens is 208 g/mol. The number of likely N-dealkylation sites (tertiary alicyclic amines) is 1. The first-order valence-electron chi connectivity index (χ1n) is 7.70. The molecule has 1 saturated carbocycles. The summed E-state index contributed by atoms with van der Waals surface area (Å²) in [5.41, 5.74) is 0. The Balaban J connectivity index is 1.54. The number of hydrogen-bond donors (Lipinski definition) is 1. The van der Waals surface area contributed by atoms with E-state index in [4.69, 9.17) is 0 Å². The summed E-state index contributed by atoms with van der Waals surface area (Å²) in [5.74, 6) is 1.85. The molecule has 2 rings (SSSR count). The monoisotopic (exact) mass is 238 g/mol. The molecule has 2 unspecified atom stereocenters. The molecular formula is C15H30N2. The Morgan fingerprint density at radius 1 is 1.12 bits per heavy atom. The van der Waals surface area contributed by atoms with Crippen LogP contribution in [0.1, 0.15) is 52.4 Å². The summed E-state index contributed by atoms with van der Waals surface area (Å²) in [6, 6.07) is 0.728. The van der Waals surface area contributed by atoms with Crippen molar-refractivity contribution in [3.63, 3.8) is 0 Å². The van der Waals surface area contributed by atoms with Gasteiger partial charge in [-0.05, 0) is 57.7 Å². The van der Waals surface area contributed by atoms with E-state index >= 15 is 0 Å². The largest absolute Gasteiger partial charge is 0.314 e. The van der Waals surface area contributed by atoms with Crippen molar-refractivity contribution in [2.24, 2.45) is 11.8 Å². The van der Waals surface area contributed by atoms with Gasteiger partial charge in [-0.2, -0.15) is 0 Å². The lowest BCUT2D eigenvalue weighted by Gasteiger charge is -2.29. The zero-order valence-electron chi connectivity index (χ0n) is 11.8. The molecule has 1 heterocycles. The predicted molar refractivity (Wildman–Crippen MR) is 74.3 cm³/mol. The molecule has 1 N–H and O–H groups in total. The van der Waals surface area contributed by atoms with E-state index in [0.717, 1.165) is 17.9 Å². The summed E-state index contributed by atoms with van der Waals surface area (Å²) in [6.07, 6.45) is 8.64. The van der Waals surface area contributed by atoms with Gasteiger partial charge in [0.1, 0.15) is 0 Å². The van der Waals surface area contributed by atoms with Gasteiger partial charge in [0.15, 0.2) is 0 Å². The van der Waals surface area contributed by atoms with E-state index in [1.165, 1.54) is 64.7 Å². The smallest absolute Gasteiger partial charge is 0.00414 e. The molecule has 1 saturated heterocycles. The molecule has 0 aromatic heterocycles. The van der Waals surface area contributed by atoms with E-state index in [9.17, 15) is 0 Å². The fourth-order valence-corrected chi connectivity index (χ4v) is 2.99. The van der Waals surface area contributed by atoms with Crippen molar-refractivity contribution >= 4 is 0 Å². The van der Waals surface area contributed by atoms with E-state index < -0.39 is 0 Å². The van der Waals surface area contributed by atoms with Crippen molar-refractivity contribution in [2.45, 2.75) is 58.4 Å². The van der Waals surface area contributed by atoms with Crippen molar-refractivity contribution in [3.8, 4) is 0 Å². The first-order valence-corrected chi connectivity index (χ1v) is 7.70. The van der Waals surface area contributed by atoms with E-state index in [1.807, 2.05) is 0 Å². The molecule has 0 amide bonds. The standard InChI is InChI=1S/C15H30N2/c1-13(12-17-8-4-3-5-9-17)11-16-14(2)10-15-6-7-15/h13-16H,3-12H2,1-2H3. The summed E-state index contributed by atoms with van der Waals surface area (Å²) in [4.78, 5) is 2.65. The summed E-state index contributed by atoms with van der Waals surface area (Å²) >= 11 is 0. The van der Waals surface area contributed by atoms with Crippen LogP contribution in [0.5, 0.6) is 0 Å². The minimum absolute atomic E-state index is 0.728. The minimum Gasteiger partial charge on any atom is -0.314 e. The SMILES string of the molecule is CC(CNC(C)CC1CC1)CN1CCCCC1. The molecule has 17 heavy (non-hydrogen) atoms. The second kappa shape index (κ2) is 6.75. The average molecular weight is 238 g/mol. The Kier molecular flexibility index (Phi) is 5.30. The minimum atomic E-state index is 0.728. The van der Waals surface area contributed by atoms with E-state index in [1.54, 1.807) is 0 Å². The Hall–Kier alpha value is -0.0800. The molecule has 2 nitrogen and oxygen atoms in total. The van der Waals surface area contributed by atoms with Crippen LogP contribution < -0.4 is 5.32 Å². The summed E-state index contributed by atoms with van der Waals surface area (Å²) in [6.45, 7) is 9.91. The highest BCUT2D eigenvalue weighted by Crippen LogP contribution is 2.33. The van der Waals surface area contributed by atoms with Crippen LogP contribution in [-0.4, -0.2) is 37.1 Å². The summed E-state index contributed by atoms with van der Waals surface area (Å²) in [7, 11) is 0. The highest BCUT2D eigenvalue weighted by Gasteiger charge is 2.23. The van der Waals surface area contributed by atoms with Crippen molar-refractivity contribution in [1.82, 2.24) is 10.2 Å². The Morgan fingerprint density at radius 2 is 1.82 bits per heavy atom. The second-order valence-corrected chi connectivity index (χ2v) is 6.45. The summed E-state index contributed by atoms with van der Waals surface area (Å²) < 4.78 is 0. The fraction of sp³-hybridized carbons (Fsp3) is 1.00. The molecule has 0 radical (unpaired) electrons. The molecule has 0 aromatic rings. The van der Waals surface area contributed by atoms with Crippen molar-refractivity contribution in [3.05, 3.63) is 0 Å². The quantitative estimate of drug-likeness (QED) is 0.733. The van der Waals surface area contributed by atoms with Crippen LogP contribution in [0.4, 0.5) is 0 Å². The molecule has 0 aromatic carbocycles. The van der Waals surface area contributed by atoms with Gasteiger partial charge in [-0.1, -0.05) is 26.2 Å². The van der Waals surface area contributed by atoms with Gasteiger partial charge in [-0.15, -0.1) is 0 Å². The van der Waals surface area contributed by atoms with Crippen LogP contribution in [0.15, 0.2) is 0 Å². The van der Waals surface area contributed by atoms with Crippen LogP contribution in [0, 0.1) is 11.8 Å². The lowest BCUT2D eigenvalue weighted by molar-refractivity contribution is 0.197. The van der Waals surface area contributed by atoms with E-state index in [2.05, 4.69) is 24.1 Å². The third kappa shape index (κ3) is 5.39. The Labute approximate surface area is 107 Å². The highest BCUT2D eigenvalue weighted by molar-refractivity contribution is 4.78. The third-order valence-electron chi connectivity index (χ3n) is 4.22. The maximum Gasteiger partial charge on any atom is 0.00414 e. The first kappa shape index (κ1) is 13.4. The van der Waals surface area contributed by atoms with Gasteiger partial charge in [-0.3, -0.25) is 0 Å². The molecule has 2 atom stereocenters. The molecule has 1 aliphatic carbocycles. The molecule has 2 aliphatic rings. The topological polar surface area (TPSA) is 15.3 Å². The van der Waals surface area contributed by atoms with Gasteiger partial charge in [0.25, 0.3) is 0 Å². The zero-order valence-corrected chi connectivity index (χ0v) is 11.8. The Bertz CT molecular complexity index is 207. The van der Waals surface area contributed by atoms with E-state index in [-0.39, 0.29) is 0 Å². The molecule has 2 fully saturated rings. The number of piperidine rings is 1. The molecule has 2 heteroatoms.